The molecule has 0 spiro atoms. The summed E-state index contributed by atoms with van der Waals surface area (Å²) in [6, 6.07) is 6.38. The number of halogens is 1. The summed E-state index contributed by atoms with van der Waals surface area (Å²) in [5.41, 5.74) is 0.521. The van der Waals surface area contributed by atoms with Gasteiger partial charge in [-0.05, 0) is 24.5 Å². The number of hydrogen-bond acceptors (Lipinski definition) is 1. The zero-order chi connectivity index (χ0) is 12.9. The van der Waals surface area contributed by atoms with Crippen LogP contribution in [-0.4, -0.2) is 15.9 Å². The summed E-state index contributed by atoms with van der Waals surface area (Å²) in [5.74, 6) is -0.517. The van der Waals surface area contributed by atoms with E-state index in [0.717, 1.165) is 0 Å². The van der Waals surface area contributed by atoms with E-state index in [9.17, 15) is 8.96 Å². The first-order chi connectivity index (χ1) is 7.94. The predicted molar refractivity (Wildman–Crippen MR) is 65.5 cm³/mol. The van der Waals surface area contributed by atoms with Crippen LogP contribution in [0.1, 0.15) is 24.3 Å². The molecular formula is C12H16FO3P. The Morgan fingerprint density at radius 2 is 2.06 bits per heavy atom. The van der Waals surface area contributed by atoms with Gasteiger partial charge in [0.05, 0.1) is 0 Å². The van der Waals surface area contributed by atoms with Crippen molar-refractivity contribution in [3.05, 3.63) is 48.3 Å². The monoisotopic (exact) mass is 258 g/mol. The minimum Gasteiger partial charge on any atom is -0.324 e. The number of allylic oxidation sites excluding steroid dienone is 1. The molecule has 0 fully saturated rings. The molecule has 0 aliphatic carbocycles. The first-order valence-electron chi connectivity index (χ1n) is 5.35. The topological polar surface area (TPSA) is 57.5 Å². The van der Waals surface area contributed by atoms with E-state index in [-0.39, 0.29) is 17.9 Å². The van der Waals surface area contributed by atoms with E-state index >= 15 is 0 Å². The molecule has 0 radical (unpaired) electrons. The lowest BCUT2D eigenvalue weighted by Crippen LogP contribution is -2.00. The molecular weight excluding hydrogens is 242 g/mol. The maximum absolute atomic E-state index is 13.5. The zero-order valence-electron chi connectivity index (χ0n) is 9.42. The maximum atomic E-state index is 13.5. The van der Waals surface area contributed by atoms with Crippen LogP contribution in [0, 0.1) is 5.82 Å². The molecule has 0 aliphatic rings. The average molecular weight is 258 g/mol. The van der Waals surface area contributed by atoms with Crippen molar-refractivity contribution in [1.82, 2.24) is 0 Å². The zero-order valence-corrected chi connectivity index (χ0v) is 10.3. The summed E-state index contributed by atoms with van der Waals surface area (Å²) in [4.78, 5) is 17.5. The van der Waals surface area contributed by atoms with Gasteiger partial charge in [-0.15, -0.1) is 6.58 Å². The van der Waals surface area contributed by atoms with E-state index in [1.165, 1.54) is 6.07 Å². The smallest absolute Gasteiger partial charge is 0.324 e. The van der Waals surface area contributed by atoms with Crippen molar-refractivity contribution in [2.75, 3.05) is 6.16 Å². The highest BCUT2D eigenvalue weighted by Crippen LogP contribution is 2.37. The molecule has 1 rings (SSSR count). The number of benzene rings is 1. The maximum Gasteiger partial charge on any atom is 0.325 e. The third-order valence-corrected chi connectivity index (χ3v) is 3.45. The van der Waals surface area contributed by atoms with Crippen LogP contribution in [0.3, 0.4) is 0 Å². The first-order valence-corrected chi connectivity index (χ1v) is 7.15. The van der Waals surface area contributed by atoms with Gasteiger partial charge < -0.3 is 9.79 Å². The van der Waals surface area contributed by atoms with Gasteiger partial charge >= 0.3 is 7.60 Å². The summed E-state index contributed by atoms with van der Waals surface area (Å²) in [5, 5.41) is 0. The number of rotatable bonds is 6. The minimum absolute atomic E-state index is 0.175. The van der Waals surface area contributed by atoms with Crippen LogP contribution < -0.4 is 0 Å². The molecule has 17 heavy (non-hydrogen) atoms. The number of hydrogen-bond donors (Lipinski definition) is 2. The Balaban J connectivity index is 2.64. The fourth-order valence-corrected chi connectivity index (χ4v) is 2.29. The Labute approximate surface area is 100 Å². The minimum atomic E-state index is -3.96. The molecule has 1 unspecified atom stereocenters. The fourth-order valence-electron chi connectivity index (χ4n) is 1.69. The highest BCUT2D eigenvalue weighted by molar-refractivity contribution is 7.51. The molecule has 0 saturated carbocycles. The normalized spacial score (nSPS) is 13.4. The van der Waals surface area contributed by atoms with Gasteiger partial charge in [0, 0.05) is 12.1 Å². The van der Waals surface area contributed by atoms with Crippen molar-refractivity contribution >= 4 is 7.60 Å². The average Bonchev–Trinajstić information content (AvgIpc) is 2.24. The van der Waals surface area contributed by atoms with E-state index in [4.69, 9.17) is 9.79 Å². The second kappa shape index (κ2) is 6.10. The summed E-state index contributed by atoms with van der Waals surface area (Å²) >= 11 is 0. The lowest BCUT2D eigenvalue weighted by molar-refractivity contribution is 0.370. The Morgan fingerprint density at radius 1 is 1.41 bits per heavy atom. The van der Waals surface area contributed by atoms with Gasteiger partial charge in [0.15, 0.2) is 0 Å². The summed E-state index contributed by atoms with van der Waals surface area (Å²) in [7, 11) is -3.96. The summed E-state index contributed by atoms with van der Waals surface area (Å²) < 4.78 is 24.2. The molecule has 0 saturated heterocycles. The molecule has 3 nitrogen and oxygen atoms in total. The van der Waals surface area contributed by atoms with Crippen LogP contribution in [0.2, 0.25) is 0 Å². The van der Waals surface area contributed by atoms with Crippen LogP contribution in [-0.2, 0) is 4.57 Å². The van der Waals surface area contributed by atoms with Crippen molar-refractivity contribution in [3.8, 4) is 0 Å². The van der Waals surface area contributed by atoms with Gasteiger partial charge in [0.1, 0.15) is 5.82 Å². The molecule has 0 aliphatic heterocycles. The molecule has 2 N–H and O–H groups in total. The summed E-state index contributed by atoms with van der Waals surface area (Å²) in [6.07, 6.45) is 2.26. The Bertz CT molecular complexity index is 428. The third-order valence-electron chi connectivity index (χ3n) is 2.55. The lowest BCUT2D eigenvalue weighted by Gasteiger charge is -2.13. The van der Waals surface area contributed by atoms with Gasteiger partial charge in [-0.2, -0.15) is 0 Å². The first kappa shape index (κ1) is 14.1. The van der Waals surface area contributed by atoms with Crippen LogP contribution in [0.25, 0.3) is 0 Å². The Morgan fingerprint density at radius 3 is 2.59 bits per heavy atom. The molecule has 0 aromatic heterocycles. The largest absolute Gasteiger partial charge is 0.325 e. The molecule has 1 aromatic carbocycles. The molecule has 0 amide bonds. The highest BCUT2D eigenvalue weighted by Gasteiger charge is 2.16. The quantitative estimate of drug-likeness (QED) is 0.609. The van der Waals surface area contributed by atoms with E-state index in [0.29, 0.717) is 18.4 Å². The molecule has 0 heterocycles. The molecule has 94 valence electrons. The molecule has 1 atom stereocenters. The second-order valence-corrected chi connectivity index (χ2v) is 5.67. The lowest BCUT2D eigenvalue weighted by atomic mass is 9.94. The van der Waals surface area contributed by atoms with Crippen molar-refractivity contribution < 1.29 is 18.7 Å². The van der Waals surface area contributed by atoms with Crippen LogP contribution in [0.4, 0.5) is 4.39 Å². The summed E-state index contributed by atoms with van der Waals surface area (Å²) in [6.45, 7) is 3.63. The molecule has 0 bridgehead atoms. The van der Waals surface area contributed by atoms with Gasteiger partial charge in [-0.3, -0.25) is 4.57 Å². The highest BCUT2D eigenvalue weighted by atomic mass is 31.2. The van der Waals surface area contributed by atoms with Crippen LogP contribution in [0.5, 0.6) is 0 Å². The van der Waals surface area contributed by atoms with Gasteiger partial charge in [0.25, 0.3) is 0 Å². The van der Waals surface area contributed by atoms with E-state index in [2.05, 4.69) is 6.58 Å². The molecule has 5 heteroatoms. The third kappa shape index (κ3) is 4.82. The van der Waals surface area contributed by atoms with Crippen LogP contribution in [0.15, 0.2) is 36.9 Å². The SMILES string of the molecule is C=CC(CCCP(=O)(O)O)c1ccccc1F. The Hall–Kier alpha value is -0.960. The predicted octanol–water partition coefficient (Wildman–Crippen LogP) is 3.05. The second-order valence-electron chi connectivity index (χ2n) is 3.89. The fraction of sp³-hybridized carbons (Fsp3) is 0.333. The van der Waals surface area contributed by atoms with E-state index < -0.39 is 7.60 Å². The van der Waals surface area contributed by atoms with Crippen molar-refractivity contribution in [1.29, 1.82) is 0 Å². The molecule has 1 aromatic rings. The van der Waals surface area contributed by atoms with Crippen molar-refractivity contribution in [2.45, 2.75) is 18.8 Å². The standard InChI is InChI=1S/C12H16FO3P/c1-2-10(6-5-9-17(14,15)16)11-7-3-4-8-12(11)13/h2-4,7-8,10H,1,5-6,9H2,(H2,14,15,16). The van der Waals surface area contributed by atoms with Crippen LogP contribution >= 0.6 is 7.60 Å². The van der Waals surface area contributed by atoms with Gasteiger partial charge in [-0.1, -0.05) is 24.3 Å². The van der Waals surface area contributed by atoms with Gasteiger partial charge in [0.2, 0.25) is 0 Å². The van der Waals surface area contributed by atoms with Gasteiger partial charge in [-0.25, -0.2) is 4.39 Å². The van der Waals surface area contributed by atoms with E-state index in [1.807, 2.05) is 0 Å². The van der Waals surface area contributed by atoms with E-state index in [1.54, 1.807) is 24.3 Å². The van der Waals surface area contributed by atoms with Crippen molar-refractivity contribution in [2.24, 2.45) is 0 Å². The van der Waals surface area contributed by atoms with Crippen molar-refractivity contribution in [3.63, 3.8) is 0 Å². The Kier molecular flexibility index (Phi) is 5.06.